The van der Waals surface area contributed by atoms with Crippen molar-refractivity contribution in [2.45, 2.75) is 9.79 Å². The van der Waals surface area contributed by atoms with E-state index in [0.29, 0.717) is 22.3 Å². The number of benzene rings is 8. The second kappa shape index (κ2) is 12.3. The molecule has 0 aromatic heterocycles. The normalized spacial score (nSPS) is 12.0. The van der Waals surface area contributed by atoms with Gasteiger partial charge in [-0.3, -0.25) is 4.55 Å². The fraction of sp³-hybridized carbons (Fsp3) is 0. The predicted molar refractivity (Wildman–Crippen MR) is 199 cm³/mol. The van der Waals surface area contributed by atoms with Gasteiger partial charge >= 0.3 is 10.1 Å². The summed E-state index contributed by atoms with van der Waals surface area (Å²) in [6.07, 6.45) is 0. The molecule has 0 fully saturated rings. The summed E-state index contributed by atoms with van der Waals surface area (Å²) in [5.74, 6) is -0.0750. The molecule has 0 amide bonds. The van der Waals surface area contributed by atoms with Crippen molar-refractivity contribution in [3.05, 3.63) is 164 Å². The Labute approximate surface area is 289 Å². The quantitative estimate of drug-likeness (QED) is 0.132. The van der Waals surface area contributed by atoms with Crippen LogP contribution in [0.2, 0.25) is 0 Å². The van der Waals surface area contributed by atoms with Crippen molar-refractivity contribution in [3.63, 3.8) is 0 Å². The van der Waals surface area contributed by atoms with Gasteiger partial charge in [0.1, 0.15) is 9.79 Å². The van der Waals surface area contributed by atoms with Crippen molar-refractivity contribution < 1.29 is 25.6 Å². The molecule has 6 nitrogen and oxygen atoms in total. The van der Waals surface area contributed by atoms with Crippen molar-refractivity contribution in [2.75, 3.05) is 0 Å². The SMILES string of the molecule is O=S(=O)(O)c1ccc(OS(=O)(=O)c2c(-c3ccccc3)cc(-c3cccc4ccccc34)cc2-c2cccc3ccccc23)c2ccccc12. The van der Waals surface area contributed by atoms with E-state index in [9.17, 15) is 21.4 Å². The summed E-state index contributed by atoms with van der Waals surface area (Å²) in [5.41, 5.74) is 4.03. The lowest BCUT2D eigenvalue weighted by Crippen LogP contribution is -2.14. The van der Waals surface area contributed by atoms with Crippen LogP contribution in [-0.4, -0.2) is 21.4 Å². The zero-order valence-electron chi connectivity index (χ0n) is 26.4. The first-order valence-electron chi connectivity index (χ1n) is 15.8. The number of fused-ring (bicyclic) bond motifs is 3. The molecule has 8 aromatic carbocycles. The van der Waals surface area contributed by atoms with E-state index in [0.717, 1.165) is 38.7 Å². The molecule has 1 N–H and O–H groups in total. The molecule has 0 aliphatic heterocycles. The molecule has 0 aliphatic carbocycles. The second-order valence-corrected chi connectivity index (χ2v) is 14.8. The summed E-state index contributed by atoms with van der Waals surface area (Å²) >= 11 is 0. The van der Waals surface area contributed by atoms with Crippen LogP contribution in [0.25, 0.3) is 65.7 Å². The molecular weight excluding hydrogens is 665 g/mol. The minimum atomic E-state index is -4.63. The molecule has 0 unspecified atom stereocenters. The van der Waals surface area contributed by atoms with E-state index < -0.39 is 20.2 Å². The average Bonchev–Trinajstić information content (AvgIpc) is 3.13. The van der Waals surface area contributed by atoms with Crippen molar-refractivity contribution >= 4 is 52.6 Å². The third kappa shape index (κ3) is 5.59. The number of hydrogen-bond donors (Lipinski definition) is 1. The third-order valence-corrected chi connectivity index (χ3v) is 11.2. The molecule has 8 heteroatoms. The lowest BCUT2D eigenvalue weighted by molar-refractivity contribution is 0.484. The summed E-state index contributed by atoms with van der Waals surface area (Å²) in [7, 11) is -9.23. The lowest BCUT2D eigenvalue weighted by atomic mass is 9.89. The fourth-order valence-corrected chi connectivity index (χ4v) is 8.77. The summed E-state index contributed by atoms with van der Waals surface area (Å²) in [5, 5.41) is 4.23. The topological polar surface area (TPSA) is 97.7 Å². The van der Waals surface area contributed by atoms with Gasteiger partial charge in [-0.05, 0) is 68.1 Å². The number of hydrogen-bond acceptors (Lipinski definition) is 5. The molecule has 50 heavy (non-hydrogen) atoms. The Kier molecular flexibility index (Phi) is 7.72. The first-order chi connectivity index (χ1) is 24.2. The predicted octanol–water partition coefficient (Wildman–Crippen LogP) is 10.2. The molecule has 0 atom stereocenters. The average molecular weight is 693 g/mol. The van der Waals surface area contributed by atoms with Crippen LogP contribution in [0.15, 0.2) is 174 Å². The van der Waals surface area contributed by atoms with Gasteiger partial charge in [0.15, 0.2) is 5.75 Å². The maximum Gasteiger partial charge on any atom is 0.340 e. The Morgan fingerprint density at radius 3 is 1.60 bits per heavy atom. The maximum atomic E-state index is 14.9. The van der Waals surface area contributed by atoms with Crippen molar-refractivity contribution in [2.24, 2.45) is 0 Å². The van der Waals surface area contributed by atoms with Gasteiger partial charge in [0.05, 0.1) is 0 Å². The highest BCUT2D eigenvalue weighted by Crippen LogP contribution is 2.44. The van der Waals surface area contributed by atoms with Gasteiger partial charge in [-0.15, -0.1) is 0 Å². The Morgan fingerprint density at radius 2 is 0.940 bits per heavy atom. The smallest absolute Gasteiger partial charge is 0.340 e. The van der Waals surface area contributed by atoms with Gasteiger partial charge in [-0.25, -0.2) is 0 Å². The van der Waals surface area contributed by atoms with Crippen LogP contribution in [-0.2, 0) is 20.2 Å². The summed E-state index contributed by atoms with van der Waals surface area (Å²) < 4.78 is 70.2. The Bertz CT molecular complexity index is 2820. The Balaban J connectivity index is 1.46. The summed E-state index contributed by atoms with van der Waals surface area (Å²) in [6.45, 7) is 0. The molecule has 0 radical (unpaired) electrons. The molecule has 0 saturated carbocycles. The maximum absolute atomic E-state index is 14.9. The number of rotatable bonds is 7. The van der Waals surface area contributed by atoms with E-state index in [-0.39, 0.29) is 26.3 Å². The zero-order chi connectivity index (χ0) is 34.5. The summed E-state index contributed by atoms with van der Waals surface area (Å²) in [4.78, 5) is -0.384. The highest BCUT2D eigenvalue weighted by Gasteiger charge is 2.30. The highest BCUT2D eigenvalue weighted by molar-refractivity contribution is 7.87. The van der Waals surface area contributed by atoms with Gasteiger partial charge in [-0.2, -0.15) is 16.8 Å². The standard InChI is InChI=1S/C42H28O6S2/c43-49(44,45)41-25-24-40(36-20-8-9-21-37(36)41)48-50(46,47)42-38(30-12-2-1-3-13-30)26-31(34-22-10-16-28-14-4-6-18-32(28)34)27-39(42)35-23-11-17-29-15-5-7-19-33(29)35/h1-27H,(H,43,44,45). The van der Waals surface area contributed by atoms with Crippen molar-refractivity contribution in [3.8, 4) is 39.1 Å². The molecule has 0 heterocycles. The molecule has 244 valence electrons. The van der Waals surface area contributed by atoms with Gasteiger partial charge in [-0.1, -0.05) is 140 Å². The largest absolute Gasteiger partial charge is 0.378 e. The van der Waals surface area contributed by atoms with Crippen LogP contribution < -0.4 is 4.18 Å². The van der Waals surface area contributed by atoms with Gasteiger partial charge in [0, 0.05) is 21.9 Å². The highest BCUT2D eigenvalue weighted by atomic mass is 32.2. The first-order valence-corrected chi connectivity index (χ1v) is 18.7. The molecular formula is C42H28O6S2. The first kappa shape index (κ1) is 31.5. The van der Waals surface area contributed by atoms with Crippen LogP contribution in [0, 0.1) is 0 Å². The minimum absolute atomic E-state index is 0.0352. The third-order valence-electron chi connectivity index (χ3n) is 8.93. The van der Waals surface area contributed by atoms with E-state index >= 15 is 0 Å². The fourth-order valence-electron chi connectivity index (χ4n) is 6.72. The van der Waals surface area contributed by atoms with Crippen molar-refractivity contribution in [1.29, 1.82) is 0 Å². The molecule has 8 aromatic rings. The van der Waals surface area contributed by atoms with E-state index in [2.05, 4.69) is 6.07 Å². The van der Waals surface area contributed by atoms with Crippen LogP contribution >= 0.6 is 0 Å². The van der Waals surface area contributed by atoms with E-state index in [4.69, 9.17) is 4.18 Å². The van der Waals surface area contributed by atoms with Gasteiger partial charge in [0.2, 0.25) is 0 Å². The van der Waals surface area contributed by atoms with Gasteiger partial charge < -0.3 is 4.18 Å². The van der Waals surface area contributed by atoms with E-state index in [1.165, 1.54) is 12.1 Å². The minimum Gasteiger partial charge on any atom is -0.378 e. The lowest BCUT2D eigenvalue weighted by Gasteiger charge is -2.20. The molecule has 8 rings (SSSR count). The van der Waals surface area contributed by atoms with Crippen LogP contribution in [0.1, 0.15) is 0 Å². The van der Waals surface area contributed by atoms with E-state index in [1.807, 2.05) is 121 Å². The Morgan fingerprint density at radius 1 is 0.420 bits per heavy atom. The van der Waals surface area contributed by atoms with Crippen LogP contribution in [0.4, 0.5) is 0 Å². The summed E-state index contributed by atoms with van der Waals surface area (Å²) in [6, 6.07) is 49.6. The van der Waals surface area contributed by atoms with Crippen LogP contribution in [0.5, 0.6) is 5.75 Å². The molecule has 0 bridgehead atoms. The monoisotopic (exact) mass is 692 g/mol. The molecule has 0 saturated heterocycles. The zero-order valence-corrected chi connectivity index (χ0v) is 28.0. The van der Waals surface area contributed by atoms with Crippen LogP contribution in [0.3, 0.4) is 0 Å². The molecule has 0 aliphatic rings. The van der Waals surface area contributed by atoms with Gasteiger partial charge in [0.25, 0.3) is 10.1 Å². The molecule has 0 spiro atoms. The second-order valence-electron chi connectivity index (χ2n) is 11.9. The van der Waals surface area contributed by atoms with Crippen molar-refractivity contribution in [1.82, 2.24) is 0 Å². The Hall–Kier alpha value is -5.80. The van der Waals surface area contributed by atoms with E-state index in [1.54, 1.807) is 18.2 Å².